The molecule has 0 radical (unpaired) electrons. The quantitative estimate of drug-likeness (QED) is 0.532. The topological polar surface area (TPSA) is 42.7 Å². The summed E-state index contributed by atoms with van der Waals surface area (Å²) in [5, 5.41) is 7.47. The van der Waals surface area contributed by atoms with E-state index in [2.05, 4.69) is 27.5 Å². The lowest BCUT2D eigenvalue weighted by Gasteiger charge is -2.21. The van der Waals surface area contributed by atoms with Crippen LogP contribution in [0.25, 0.3) is 11.9 Å². The number of nitrogens with zero attached hydrogens (tertiary/aromatic N) is 3. The number of rotatable bonds is 6. The third kappa shape index (κ3) is 4.78. The summed E-state index contributed by atoms with van der Waals surface area (Å²) in [5.41, 5.74) is 4.55. The molecular weight excluding hydrogens is 375 g/mol. The van der Waals surface area contributed by atoms with Crippen molar-refractivity contribution < 1.29 is 4.39 Å². The second-order valence-electron chi connectivity index (χ2n) is 8.12. The molecule has 1 aliphatic rings. The average molecular weight is 405 g/mol. The third-order valence-corrected chi connectivity index (χ3v) is 5.95. The molecule has 0 saturated heterocycles. The molecule has 2 aromatic heterocycles. The van der Waals surface area contributed by atoms with Crippen LogP contribution in [0.2, 0.25) is 0 Å². The summed E-state index contributed by atoms with van der Waals surface area (Å²) in [6, 6.07) is 14.1. The molecule has 1 aromatic carbocycles. The van der Waals surface area contributed by atoms with Gasteiger partial charge in [0.15, 0.2) is 5.83 Å². The van der Waals surface area contributed by atoms with Crippen molar-refractivity contribution in [3.8, 4) is 0 Å². The highest BCUT2D eigenvalue weighted by Crippen LogP contribution is 2.33. The van der Waals surface area contributed by atoms with E-state index in [1.807, 2.05) is 49.1 Å². The van der Waals surface area contributed by atoms with E-state index in [9.17, 15) is 4.39 Å². The molecule has 4 nitrogen and oxygen atoms in total. The van der Waals surface area contributed by atoms with Crippen molar-refractivity contribution in [3.63, 3.8) is 0 Å². The number of nitrogens with one attached hydrogen (secondary N) is 1. The number of hydrogen-bond acceptors (Lipinski definition) is 3. The standard InChI is InChI=1S/C25H29FN4/c1-18-14-24(29-30(18)17-20-10-13-25(27-2)28-16-20)23(26)15-19-8-11-22(12-9-19)21-6-4-3-5-7-21/h8-16,21H,3-7,17H2,1-2H3,(H,27,28)/b23-15-. The fourth-order valence-electron chi connectivity index (χ4n) is 4.15. The van der Waals surface area contributed by atoms with Crippen molar-refractivity contribution in [3.05, 3.63) is 76.7 Å². The van der Waals surface area contributed by atoms with Crippen molar-refractivity contribution in [1.29, 1.82) is 0 Å². The smallest absolute Gasteiger partial charge is 0.151 e. The molecule has 4 rings (SSSR count). The molecule has 0 spiro atoms. The molecule has 1 fully saturated rings. The van der Waals surface area contributed by atoms with Crippen LogP contribution in [-0.4, -0.2) is 21.8 Å². The van der Waals surface area contributed by atoms with E-state index in [4.69, 9.17) is 0 Å². The van der Waals surface area contributed by atoms with Gasteiger partial charge in [-0.15, -0.1) is 0 Å². The molecule has 0 atom stereocenters. The Hall–Kier alpha value is -2.95. The maximum absolute atomic E-state index is 14.9. The maximum atomic E-state index is 14.9. The number of aromatic nitrogens is 3. The molecule has 0 amide bonds. The van der Waals surface area contributed by atoms with Crippen LogP contribution in [-0.2, 0) is 6.54 Å². The van der Waals surface area contributed by atoms with Gasteiger partial charge in [0.25, 0.3) is 0 Å². The number of halogens is 1. The van der Waals surface area contributed by atoms with Gasteiger partial charge in [0.2, 0.25) is 0 Å². The van der Waals surface area contributed by atoms with E-state index in [0.29, 0.717) is 18.2 Å². The first-order valence-corrected chi connectivity index (χ1v) is 10.8. The summed E-state index contributed by atoms with van der Waals surface area (Å²) in [6.07, 6.45) is 9.91. The van der Waals surface area contributed by atoms with Crippen LogP contribution < -0.4 is 5.32 Å². The van der Waals surface area contributed by atoms with E-state index >= 15 is 0 Å². The molecule has 1 aliphatic carbocycles. The second-order valence-corrected chi connectivity index (χ2v) is 8.12. The Kier molecular flexibility index (Phi) is 6.26. The van der Waals surface area contributed by atoms with E-state index in [-0.39, 0.29) is 5.83 Å². The number of benzene rings is 1. The van der Waals surface area contributed by atoms with Gasteiger partial charge < -0.3 is 5.32 Å². The Balaban J connectivity index is 1.46. The molecule has 0 aliphatic heterocycles. The number of hydrogen-bond donors (Lipinski definition) is 1. The highest BCUT2D eigenvalue weighted by Gasteiger charge is 2.15. The Morgan fingerprint density at radius 2 is 1.90 bits per heavy atom. The van der Waals surface area contributed by atoms with Gasteiger partial charge in [-0.2, -0.15) is 5.10 Å². The minimum absolute atomic E-state index is 0.314. The molecule has 156 valence electrons. The summed E-state index contributed by atoms with van der Waals surface area (Å²) >= 11 is 0. The molecule has 3 aromatic rings. The summed E-state index contributed by atoms with van der Waals surface area (Å²) < 4.78 is 16.7. The largest absolute Gasteiger partial charge is 0.373 e. The maximum Gasteiger partial charge on any atom is 0.151 e. The molecule has 0 bridgehead atoms. The lowest BCUT2D eigenvalue weighted by atomic mass is 9.84. The number of anilines is 1. The van der Waals surface area contributed by atoms with Gasteiger partial charge >= 0.3 is 0 Å². The van der Waals surface area contributed by atoms with Gasteiger partial charge in [0.05, 0.1) is 6.54 Å². The first-order chi connectivity index (χ1) is 14.6. The normalized spacial score (nSPS) is 15.4. The lowest BCUT2D eigenvalue weighted by molar-refractivity contribution is 0.443. The minimum atomic E-state index is -0.314. The summed E-state index contributed by atoms with van der Waals surface area (Å²) in [7, 11) is 1.84. The van der Waals surface area contributed by atoms with E-state index < -0.39 is 0 Å². The van der Waals surface area contributed by atoms with Crippen molar-refractivity contribution >= 4 is 17.7 Å². The molecule has 1 saturated carbocycles. The van der Waals surface area contributed by atoms with Gasteiger partial charge in [-0.3, -0.25) is 4.68 Å². The van der Waals surface area contributed by atoms with E-state index in [1.54, 1.807) is 12.1 Å². The van der Waals surface area contributed by atoms with Gasteiger partial charge in [0.1, 0.15) is 11.5 Å². The van der Waals surface area contributed by atoms with Crippen molar-refractivity contribution in [2.75, 3.05) is 12.4 Å². The molecule has 2 heterocycles. The Labute approximate surface area is 177 Å². The van der Waals surface area contributed by atoms with Crippen LogP contribution in [0.5, 0.6) is 0 Å². The molecule has 1 N–H and O–H groups in total. The van der Waals surface area contributed by atoms with E-state index in [0.717, 1.165) is 22.6 Å². The summed E-state index contributed by atoms with van der Waals surface area (Å²) in [4.78, 5) is 4.32. The monoisotopic (exact) mass is 404 g/mol. The fourth-order valence-corrected chi connectivity index (χ4v) is 4.15. The van der Waals surface area contributed by atoms with Gasteiger partial charge in [-0.25, -0.2) is 9.37 Å². The molecule has 5 heteroatoms. The zero-order chi connectivity index (χ0) is 20.9. The summed E-state index contributed by atoms with van der Waals surface area (Å²) in [5.74, 6) is 1.17. The Morgan fingerprint density at radius 1 is 1.13 bits per heavy atom. The van der Waals surface area contributed by atoms with Gasteiger partial charge in [0, 0.05) is 18.9 Å². The van der Waals surface area contributed by atoms with Gasteiger partial charge in [-0.05, 0) is 60.6 Å². The van der Waals surface area contributed by atoms with Crippen molar-refractivity contribution in [2.45, 2.75) is 51.5 Å². The van der Waals surface area contributed by atoms with Crippen LogP contribution in [0.15, 0.2) is 48.7 Å². The van der Waals surface area contributed by atoms with Crippen LogP contribution in [0.3, 0.4) is 0 Å². The molecular formula is C25H29FN4. The van der Waals surface area contributed by atoms with Crippen LogP contribution in [0.1, 0.15) is 66.1 Å². The zero-order valence-corrected chi connectivity index (χ0v) is 17.7. The lowest BCUT2D eigenvalue weighted by Crippen LogP contribution is -2.05. The fraction of sp³-hybridized carbons (Fsp3) is 0.360. The predicted octanol–water partition coefficient (Wildman–Crippen LogP) is 6.19. The third-order valence-electron chi connectivity index (χ3n) is 5.95. The zero-order valence-electron chi connectivity index (χ0n) is 17.7. The molecule has 30 heavy (non-hydrogen) atoms. The number of aryl methyl sites for hydroxylation is 1. The first-order valence-electron chi connectivity index (χ1n) is 10.8. The van der Waals surface area contributed by atoms with Crippen molar-refractivity contribution in [2.24, 2.45) is 0 Å². The predicted molar refractivity (Wildman–Crippen MR) is 121 cm³/mol. The SMILES string of the molecule is CNc1ccc(Cn2nc(/C(F)=C/c3ccc(C4CCCCC4)cc3)cc2C)cn1. The highest BCUT2D eigenvalue weighted by atomic mass is 19.1. The van der Waals surface area contributed by atoms with Crippen LogP contribution >= 0.6 is 0 Å². The Morgan fingerprint density at radius 3 is 2.57 bits per heavy atom. The molecule has 0 unspecified atom stereocenters. The highest BCUT2D eigenvalue weighted by molar-refractivity contribution is 5.75. The van der Waals surface area contributed by atoms with Crippen molar-refractivity contribution in [1.82, 2.24) is 14.8 Å². The Bertz CT molecular complexity index is 997. The minimum Gasteiger partial charge on any atom is -0.373 e. The van der Waals surface area contributed by atoms with Crippen LogP contribution in [0, 0.1) is 6.92 Å². The average Bonchev–Trinajstić information content (AvgIpc) is 3.16. The first kappa shape index (κ1) is 20.3. The second kappa shape index (κ2) is 9.24. The van der Waals surface area contributed by atoms with E-state index in [1.165, 1.54) is 37.7 Å². The van der Waals surface area contributed by atoms with Crippen LogP contribution in [0.4, 0.5) is 10.2 Å². The van der Waals surface area contributed by atoms with Gasteiger partial charge in [-0.1, -0.05) is 49.6 Å². The number of pyridine rings is 1. The summed E-state index contributed by atoms with van der Waals surface area (Å²) in [6.45, 7) is 2.50.